The summed E-state index contributed by atoms with van der Waals surface area (Å²) in [5.41, 5.74) is 1.94. The van der Waals surface area contributed by atoms with E-state index in [1.54, 1.807) is 12.1 Å². The summed E-state index contributed by atoms with van der Waals surface area (Å²) in [6.07, 6.45) is 1.64. The van der Waals surface area contributed by atoms with Gasteiger partial charge in [-0.25, -0.2) is 0 Å². The lowest BCUT2D eigenvalue weighted by Crippen LogP contribution is -2.27. The predicted molar refractivity (Wildman–Crippen MR) is 84.8 cm³/mol. The van der Waals surface area contributed by atoms with E-state index in [9.17, 15) is 9.59 Å². The number of furan rings is 1. The second kappa shape index (κ2) is 7.45. The van der Waals surface area contributed by atoms with Gasteiger partial charge in [0.1, 0.15) is 0 Å². The lowest BCUT2D eigenvalue weighted by Gasteiger charge is -2.09. The van der Waals surface area contributed by atoms with Crippen molar-refractivity contribution in [3.05, 3.63) is 54.0 Å². The van der Waals surface area contributed by atoms with Gasteiger partial charge in [-0.05, 0) is 35.7 Å². The van der Waals surface area contributed by atoms with Crippen LogP contribution in [-0.4, -0.2) is 18.4 Å². The zero-order valence-corrected chi connectivity index (χ0v) is 12.8. The maximum absolute atomic E-state index is 11.9. The zero-order valence-electron chi connectivity index (χ0n) is 12.8. The van der Waals surface area contributed by atoms with Crippen LogP contribution >= 0.6 is 0 Å². The van der Waals surface area contributed by atoms with E-state index in [4.69, 9.17) is 4.42 Å². The highest BCUT2D eigenvalue weighted by atomic mass is 16.3. The molecule has 1 aromatic heterocycles. The summed E-state index contributed by atoms with van der Waals surface area (Å²) < 4.78 is 4.97. The van der Waals surface area contributed by atoms with E-state index < -0.39 is 0 Å². The van der Waals surface area contributed by atoms with E-state index >= 15 is 0 Å². The summed E-state index contributed by atoms with van der Waals surface area (Å²) >= 11 is 0. The average Bonchev–Trinajstić information content (AvgIpc) is 3.01. The van der Waals surface area contributed by atoms with E-state index in [1.165, 1.54) is 11.8 Å². The second-order valence-electron chi connectivity index (χ2n) is 5.31. The normalized spacial score (nSPS) is 10.5. The maximum atomic E-state index is 11.9. The summed E-state index contributed by atoms with van der Waals surface area (Å²) in [7, 11) is 0. The SMILES string of the molecule is CC(C)c1cccc(NC(=O)CCNC(=O)c2ccco2)c1. The quantitative estimate of drug-likeness (QED) is 0.860. The van der Waals surface area contributed by atoms with Crippen LogP contribution in [0, 0.1) is 0 Å². The minimum atomic E-state index is -0.320. The molecule has 116 valence electrons. The molecule has 1 aromatic carbocycles. The van der Waals surface area contributed by atoms with Gasteiger partial charge in [-0.15, -0.1) is 0 Å². The fraction of sp³-hybridized carbons (Fsp3) is 0.294. The Morgan fingerprint density at radius 2 is 2.00 bits per heavy atom. The molecule has 0 aliphatic carbocycles. The Hall–Kier alpha value is -2.56. The minimum Gasteiger partial charge on any atom is -0.459 e. The molecular formula is C17H20N2O3. The molecular weight excluding hydrogens is 280 g/mol. The largest absolute Gasteiger partial charge is 0.459 e. The molecule has 5 nitrogen and oxygen atoms in total. The Balaban J connectivity index is 1.78. The van der Waals surface area contributed by atoms with Gasteiger partial charge in [0.15, 0.2) is 5.76 Å². The first-order valence-corrected chi connectivity index (χ1v) is 7.28. The summed E-state index contributed by atoms with van der Waals surface area (Å²) in [5, 5.41) is 5.47. The number of carbonyl (C=O) groups excluding carboxylic acids is 2. The summed E-state index contributed by atoms with van der Waals surface area (Å²) in [6, 6.07) is 11.0. The van der Waals surface area contributed by atoms with E-state index in [2.05, 4.69) is 24.5 Å². The van der Waals surface area contributed by atoms with Gasteiger partial charge in [0.25, 0.3) is 5.91 Å². The second-order valence-corrected chi connectivity index (χ2v) is 5.31. The molecule has 2 aromatic rings. The van der Waals surface area contributed by atoms with Crippen molar-refractivity contribution < 1.29 is 14.0 Å². The fourth-order valence-electron chi connectivity index (χ4n) is 1.98. The molecule has 2 amide bonds. The number of carbonyl (C=O) groups is 2. The van der Waals surface area contributed by atoms with Gasteiger partial charge >= 0.3 is 0 Å². The van der Waals surface area contributed by atoms with Crippen molar-refractivity contribution in [1.29, 1.82) is 0 Å². The third kappa shape index (κ3) is 4.48. The van der Waals surface area contributed by atoms with Crippen molar-refractivity contribution in [2.24, 2.45) is 0 Å². The van der Waals surface area contributed by atoms with Gasteiger partial charge in [0.05, 0.1) is 6.26 Å². The molecule has 1 heterocycles. The molecule has 2 rings (SSSR count). The van der Waals surface area contributed by atoms with Crippen LogP contribution in [0.3, 0.4) is 0 Å². The molecule has 0 bridgehead atoms. The van der Waals surface area contributed by atoms with Gasteiger partial charge in [-0.3, -0.25) is 9.59 Å². The number of amides is 2. The molecule has 0 saturated heterocycles. The minimum absolute atomic E-state index is 0.138. The molecule has 0 aliphatic rings. The molecule has 0 atom stereocenters. The molecule has 2 N–H and O–H groups in total. The van der Waals surface area contributed by atoms with Crippen LogP contribution in [0.2, 0.25) is 0 Å². The van der Waals surface area contributed by atoms with Gasteiger partial charge in [-0.2, -0.15) is 0 Å². The van der Waals surface area contributed by atoms with E-state index in [-0.39, 0.29) is 30.5 Å². The Bertz CT molecular complexity index is 633. The number of nitrogens with one attached hydrogen (secondary N) is 2. The van der Waals surface area contributed by atoms with Crippen molar-refractivity contribution in [1.82, 2.24) is 5.32 Å². The van der Waals surface area contributed by atoms with Crippen molar-refractivity contribution in [2.75, 3.05) is 11.9 Å². The highest BCUT2D eigenvalue weighted by Gasteiger charge is 2.09. The fourth-order valence-corrected chi connectivity index (χ4v) is 1.98. The smallest absolute Gasteiger partial charge is 0.286 e. The molecule has 0 fully saturated rings. The number of hydrogen-bond donors (Lipinski definition) is 2. The first-order chi connectivity index (χ1) is 10.6. The molecule has 0 spiro atoms. The summed E-state index contributed by atoms with van der Waals surface area (Å²) in [6.45, 7) is 4.46. The molecule has 0 unspecified atom stereocenters. The molecule has 0 radical (unpaired) electrons. The van der Waals surface area contributed by atoms with Crippen LogP contribution in [0.1, 0.15) is 42.3 Å². The van der Waals surface area contributed by atoms with Gasteiger partial charge in [-0.1, -0.05) is 26.0 Å². The van der Waals surface area contributed by atoms with Gasteiger partial charge in [0, 0.05) is 18.7 Å². The monoisotopic (exact) mass is 300 g/mol. The van der Waals surface area contributed by atoms with Crippen LogP contribution < -0.4 is 10.6 Å². The third-order valence-electron chi connectivity index (χ3n) is 3.22. The van der Waals surface area contributed by atoms with Crippen molar-refractivity contribution in [3.63, 3.8) is 0 Å². The van der Waals surface area contributed by atoms with Crippen molar-refractivity contribution in [2.45, 2.75) is 26.2 Å². The molecule has 22 heavy (non-hydrogen) atoms. The first kappa shape index (κ1) is 15.8. The zero-order chi connectivity index (χ0) is 15.9. The topological polar surface area (TPSA) is 71.3 Å². The van der Waals surface area contributed by atoms with Gasteiger partial charge < -0.3 is 15.1 Å². The van der Waals surface area contributed by atoms with Crippen molar-refractivity contribution in [3.8, 4) is 0 Å². The van der Waals surface area contributed by atoms with E-state index in [0.717, 1.165) is 5.69 Å². The number of benzene rings is 1. The van der Waals surface area contributed by atoms with Crippen LogP contribution in [0.4, 0.5) is 5.69 Å². The Morgan fingerprint density at radius 3 is 2.68 bits per heavy atom. The summed E-state index contributed by atoms with van der Waals surface area (Å²) in [4.78, 5) is 23.5. The number of hydrogen-bond acceptors (Lipinski definition) is 3. The highest BCUT2D eigenvalue weighted by molar-refractivity contribution is 5.93. The first-order valence-electron chi connectivity index (χ1n) is 7.28. The summed E-state index contributed by atoms with van der Waals surface area (Å²) in [5.74, 6) is 0.190. The van der Waals surface area contributed by atoms with Crippen LogP contribution in [0.5, 0.6) is 0 Å². The van der Waals surface area contributed by atoms with E-state index in [0.29, 0.717) is 5.92 Å². The van der Waals surface area contributed by atoms with E-state index in [1.807, 2.05) is 24.3 Å². The number of rotatable bonds is 6. The van der Waals surface area contributed by atoms with Crippen molar-refractivity contribution >= 4 is 17.5 Å². The standard InChI is InChI=1S/C17H20N2O3/c1-12(2)13-5-3-6-14(11-13)19-16(20)8-9-18-17(21)15-7-4-10-22-15/h3-7,10-12H,8-9H2,1-2H3,(H,18,21)(H,19,20). The Labute approximate surface area is 129 Å². The maximum Gasteiger partial charge on any atom is 0.286 e. The predicted octanol–water partition coefficient (Wildman–Crippen LogP) is 3.16. The number of anilines is 1. The highest BCUT2D eigenvalue weighted by Crippen LogP contribution is 2.18. The van der Waals surface area contributed by atoms with Crippen LogP contribution in [-0.2, 0) is 4.79 Å². The van der Waals surface area contributed by atoms with Crippen LogP contribution in [0.15, 0.2) is 47.1 Å². The molecule has 0 saturated carbocycles. The Morgan fingerprint density at radius 1 is 1.18 bits per heavy atom. The lowest BCUT2D eigenvalue weighted by atomic mass is 10.0. The lowest BCUT2D eigenvalue weighted by molar-refractivity contribution is -0.116. The average molecular weight is 300 g/mol. The van der Waals surface area contributed by atoms with Crippen LogP contribution in [0.25, 0.3) is 0 Å². The molecule has 0 aliphatic heterocycles. The molecule has 5 heteroatoms. The third-order valence-corrected chi connectivity index (χ3v) is 3.22. The Kier molecular flexibility index (Phi) is 5.36. The van der Waals surface area contributed by atoms with Gasteiger partial charge in [0.2, 0.25) is 5.91 Å².